The Labute approximate surface area is 111 Å². The molecule has 1 N–H and O–H groups in total. The summed E-state index contributed by atoms with van der Waals surface area (Å²) in [6, 6.07) is 9.35. The van der Waals surface area contributed by atoms with E-state index in [1.165, 1.54) is 4.90 Å². The smallest absolute Gasteiger partial charge is 0.410 e. The van der Waals surface area contributed by atoms with E-state index in [1.807, 2.05) is 30.3 Å². The number of rotatable bonds is 3. The zero-order valence-electron chi connectivity index (χ0n) is 10.7. The van der Waals surface area contributed by atoms with Gasteiger partial charge in [0, 0.05) is 6.54 Å². The molecule has 1 saturated heterocycles. The summed E-state index contributed by atoms with van der Waals surface area (Å²) in [4.78, 5) is 13.2. The zero-order chi connectivity index (χ0) is 13.7. The van der Waals surface area contributed by atoms with Crippen molar-refractivity contribution < 1.29 is 19.0 Å². The van der Waals surface area contributed by atoms with E-state index in [1.54, 1.807) is 0 Å². The number of aliphatic hydroxyl groups is 1. The number of amides is 1. The van der Waals surface area contributed by atoms with Gasteiger partial charge in [0.15, 0.2) is 0 Å². The van der Waals surface area contributed by atoms with Gasteiger partial charge in [0.1, 0.15) is 18.9 Å². The highest BCUT2D eigenvalue weighted by molar-refractivity contribution is 5.67. The van der Waals surface area contributed by atoms with Crippen LogP contribution in [0.3, 0.4) is 0 Å². The highest BCUT2D eigenvalue weighted by Gasteiger charge is 2.35. The third-order valence-corrected chi connectivity index (χ3v) is 3.27. The number of hydrogen-bond acceptors (Lipinski definition) is 3. The summed E-state index contributed by atoms with van der Waals surface area (Å²) < 4.78 is 17.9. The van der Waals surface area contributed by atoms with Crippen molar-refractivity contribution in [3.63, 3.8) is 0 Å². The molecule has 1 heterocycles. The molecular formula is C14H18FNO3. The van der Waals surface area contributed by atoms with Crippen LogP contribution in [0.1, 0.15) is 18.4 Å². The number of hydrogen-bond donors (Lipinski definition) is 1. The molecule has 0 spiro atoms. The zero-order valence-corrected chi connectivity index (χ0v) is 10.7. The lowest BCUT2D eigenvalue weighted by Gasteiger charge is -2.36. The normalized spacial score (nSPS) is 23.2. The molecule has 2 rings (SSSR count). The SMILES string of the molecule is O=C(OCc1ccccc1)N1CCC[C@](O)(CF)C1. The Morgan fingerprint density at radius 2 is 2.16 bits per heavy atom. The number of β-amino-alcohol motifs (C(OH)–C–C–N with tert-alkyl or cyclic N) is 1. The third kappa shape index (κ3) is 3.67. The van der Waals surface area contributed by atoms with Gasteiger partial charge >= 0.3 is 6.09 Å². The molecule has 1 amide bonds. The Kier molecular flexibility index (Phi) is 4.37. The molecule has 1 atom stereocenters. The lowest BCUT2D eigenvalue weighted by Crippen LogP contribution is -2.51. The molecule has 104 valence electrons. The number of ether oxygens (including phenoxy) is 1. The molecule has 0 radical (unpaired) electrons. The highest BCUT2D eigenvalue weighted by atomic mass is 19.1. The topological polar surface area (TPSA) is 49.8 Å². The van der Waals surface area contributed by atoms with Crippen LogP contribution in [0.4, 0.5) is 9.18 Å². The second-order valence-corrected chi connectivity index (χ2v) is 4.92. The van der Waals surface area contributed by atoms with Gasteiger partial charge in [-0.2, -0.15) is 0 Å². The van der Waals surface area contributed by atoms with E-state index >= 15 is 0 Å². The van der Waals surface area contributed by atoms with Crippen LogP contribution in [-0.4, -0.2) is 41.5 Å². The summed E-state index contributed by atoms with van der Waals surface area (Å²) in [5, 5.41) is 9.86. The standard InChI is InChI=1S/C14H18FNO3/c15-10-14(18)7-4-8-16(11-14)13(17)19-9-12-5-2-1-3-6-12/h1-3,5-6,18H,4,7-11H2/t14-/m0/s1. The minimum Gasteiger partial charge on any atom is -0.445 e. The fourth-order valence-electron chi connectivity index (χ4n) is 2.19. The second kappa shape index (κ2) is 6.02. The van der Waals surface area contributed by atoms with Crippen LogP contribution in [0.25, 0.3) is 0 Å². The molecule has 1 aromatic rings. The van der Waals surface area contributed by atoms with Crippen molar-refractivity contribution >= 4 is 6.09 Å². The van der Waals surface area contributed by atoms with Crippen molar-refractivity contribution in [1.82, 2.24) is 4.90 Å². The van der Waals surface area contributed by atoms with Crippen LogP contribution in [-0.2, 0) is 11.3 Å². The maximum Gasteiger partial charge on any atom is 0.410 e. The molecule has 0 saturated carbocycles. The Balaban J connectivity index is 1.86. The van der Waals surface area contributed by atoms with E-state index in [2.05, 4.69) is 0 Å². The Morgan fingerprint density at radius 1 is 1.42 bits per heavy atom. The van der Waals surface area contributed by atoms with Gasteiger partial charge in [-0.3, -0.25) is 0 Å². The number of nitrogens with zero attached hydrogens (tertiary/aromatic N) is 1. The van der Waals surface area contributed by atoms with Gasteiger partial charge in [0.05, 0.1) is 6.54 Å². The average Bonchev–Trinajstić information content (AvgIpc) is 2.46. The molecule has 1 aliphatic heterocycles. The van der Waals surface area contributed by atoms with Crippen LogP contribution < -0.4 is 0 Å². The van der Waals surface area contributed by atoms with E-state index in [4.69, 9.17) is 4.74 Å². The minimum absolute atomic E-state index is 0.00285. The number of piperidine rings is 1. The molecule has 0 aromatic heterocycles. The molecule has 0 aliphatic carbocycles. The minimum atomic E-state index is -1.41. The molecule has 5 heteroatoms. The van der Waals surface area contributed by atoms with Gasteiger partial charge < -0.3 is 14.7 Å². The predicted molar refractivity (Wildman–Crippen MR) is 68.4 cm³/mol. The highest BCUT2D eigenvalue weighted by Crippen LogP contribution is 2.22. The molecule has 19 heavy (non-hydrogen) atoms. The molecule has 1 fully saturated rings. The monoisotopic (exact) mass is 267 g/mol. The summed E-state index contributed by atoms with van der Waals surface area (Å²) in [6.07, 6.45) is 0.461. The first-order valence-corrected chi connectivity index (χ1v) is 6.37. The Bertz CT molecular complexity index is 426. The van der Waals surface area contributed by atoms with Crippen LogP contribution in [0.15, 0.2) is 30.3 Å². The molecule has 1 aliphatic rings. The van der Waals surface area contributed by atoms with Crippen LogP contribution in [0.5, 0.6) is 0 Å². The number of benzene rings is 1. The van der Waals surface area contributed by atoms with Gasteiger partial charge in [-0.15, -0.1) is 0 Å². The Hall–Kier alpha value is -1.62. The van der Waals surface area contributed by atoms with E-state index < -0.39 is 18.4 Å². The van der Waals surface area contributed by atoms with E-state index in [0.717, 1.165) is 5.56 Å². The molecule has 1 aromatic carbocycles. The van der Waals surface area contributed by atoms with E-state index in [9.17, 15) is 14.3 Å². The number of carbonyl (C=O) groups is 1. The number of halogens is 1. The summed E-state index contributed by atoms with van der Waals surface area (Å²) in [6.45, 7) is -0.160. The van der Waals surface area contributed by atoms with Gasteiger partial charge in [-0.1, -0.05) is 30.3 Å². The maximum atomic E-state index is 12.7. The molecule has 0 unspecified atom stereocenters. The van der Waals surface area contributed by atoms with Crippen molar-refractivity contribution in [3.8, 4) is 0 Å². The fraction of sp³-hybridized carbons (Fsp3) is 0.500. The number of carbonyl (C=O) groups excluding carboxylic acids is 1. The van der Waals surface area contributed by atoms with E-state index in [-0.39, 0.29) is 13.2 Å². The van der Waals surface area contributed by atoms with Crippen molar-refractivity contribution in [2.75, 3.05) is 19.8 Å². The molecule has 4 nitrogen and oxygen atoms in total. The summed E-state index contributed by atoms with van der Waals surface area (Å²) in [5.74, 6) is 0. The van der Waals surface area contributed by atoms with Crippen LogP contribution >= 0.6 is 0 Å². The fourth-order valence-corrected chi connectivity index (χ4v) is 2.19. The lowest BCUT2D eigenvalue weighted by atomic mass is 9.95. The molecular weight excluding hydrogens is 249 g/mol. The van der Waals surface area contributed by atoms with Crippen molar-refractivity contribution in [2.24, 2.45) is 0 Å². The van der Waals surface area contributed by atoms with Gasteiger partial charge in [0.25, 0.3) is 0 Å². The summed E-state index contributed by atoms with van der Waals surface area (Å²) in [7, 11) is 0. The molecule has 0 bridgehead atoms. The lowest BCUT2D eigenvalue weighted by molar-refractivity contribution is -0.0451. The van der Waals surface area contributed by atoms with Crippen LogP contribution in [0, 0.1) is 0 Å². The average molecular weight is 267 g/mol. The maximum absolute atomic E-state index is 12.7. The van der Waals surface area contributed by atoms with Crippen LogP contribution in [0.2, 0.25) is 0 Å². The van der Waals surface area contributed by atoms with Crippen molar-refractivity contribution in [3.05, 3.63) is 35.9 Å². The first-order chi connectivity index (χ1) is 9.13. The number of alkyl halides is 1. The third-order valence-electron chi connectivity index (χ3n) is 3.27. The second-order valence-electron chi connectivity index (χ2n) is 4.92. The largest absolute Gasteiger partial charge is 0.445 e. The van der Waals surface area contributed by atoms with Gasteiger partial charge in [-0.05, 0) is 18.4 Å². The first-order valence-electron chi connectivity index (χ1n) is 6.37. The summed E-state index contributed by atoms with van der Waals surface area (Å²) >= 11 is 0. The predicted octanol–water partition coefficient (Wildman–Crippen LogP) is 2.12. The van der Waals surface area contributed by atoms with Crippen molar-refractivity contribution in [1.29, 1.82) is 0 Å². The van der Waals surface area contributed by atoms with E-state index in [0.29, 0.717) is 19.4 Å². The van der Waals surface area contributed by atoms with Gasteiger partial charge in [0.2, 0.25) is 0 Å². The Morgan fingerprint density at radius 3 is 2.84 bits per heavy atom. The van der Waals surface area contributed by atoms with Gasteiger partial charge in [-0.25, -0.2) is 9.18 Å². The number of likely N-dealkylation sites (tertiary alicyclic amines) is 1. The first kappa shape index (κ1) is 13.8. The summed E-state index contributed by atoms with van der Waals surface area (Å²) in [5.41, 5.74) is -0.516. The quantitative estimate of drug-likeness (QED) is 0.912. The van der Waals surface area contributed by atoms with Crippen molar-refractivity contribution in [2.45, 2.75) is 25.0 Å².